The molecule has 164 valence electrons. The number of halogens is 3. The Morgan fingerprint density at radius 3 is 2.52 bits per heavy atom. The molecule has 0 saturated carbocycles. The van der Waals surface area contributed by atoms with Gasteiger partial charge in [-0.2, -0.15) is 13.2 Å². The number of rotatable bonds is 7. The molecule has 0 saturated heterocycles. The van der Waals surface area contributed by atoms with Crippen LogP contribution in [0.3, 0.4) is 0 Å². The van der Waals surface area contributed by atoms with Gasteiger partial charge in [-0.3, -0.25) is 9.36 Å². The number of benzene rings is 2. The SMILES string of the molecule is CC(C)CCC(C)NC(=O)c1cncn1-c1cccc(-c2ccccc2C(F)(F)F)c1. The Kier molecular flexibility index (Phi) is 6.83. The number of imidazole rings is 1. The summed E-state index contributed by atoms with van der Waals surface area (Å²) < 4.78 is 41.9. The first kappa shape index (κ1) is 22.6. The van der Waals surface area contributed by atoms with Crippen molar-refractivity contribution >= 4 is 5.91 Å². The van der Waals surface area contributed by atoms with Crippen molar-refractivity contribution in [1.29, 1.82) is 0 Å². The van der Waals surface area contributed by atoms with Crippen LogP contribution in [0, 0.1) is 5.92 Å². The van der Waals surface area contributed by atoms with Crippen molar-refractivity contribution in [2.75, 3.05) is 0 Å². The van der Waals surface area contributed by atoms with Crippen LogP contribution in [-0.2, 0) is 6.18 Å². The number of hydrogen-bond acceptors (Lipinski definition) is 2. The lowest BCUT2D eigenvalue weighted by Crippen LogP contribution is -2.33. The highest BCUT2D eigenvalue weighted by atomic mass is 19.4. The van der Waals surface area contributed by atoms with Crippen LogP contribution < -0.4 is 5.32 Å². The fourth-order valence-electron chi connectivity index (χ4n) is 3.43. The van der Waals surface area contributed by atoms with Gasteiger partial charge in [0.25, 0.3) is 5.91 Å². The average molecular weight is 429 g/mol. The van der Waals surface area contributed by atoms with Gasteiger partial charge in [0, 0.05) is 11.7 Å². The summed E-state index contributed by atoms with van der Waals surface area (Å²) in [5.74, 6) is 0.280. The molecule has 1 atom stereocenters. The van der Waals surface area contributed by atoms with E-state index in [4.69, 9.17) is 0 Å². The van der Waals surface area contributed by atoms with Crippen LogP contribution in [0.15, 0.2) is 61.1 Å². The van der Waals surface area contributed by atoms with E-state index in [0.29, 0.717) is 22.9 Å². The molecular formula is C24H26F3N3O. The van der Waals surface area contributed by atoms with Crippen molar-refractivity contribution in [1.82, 2.24) is 14.9 Å². The third kappa shape index (κ3) is 5.54. The minimum Gasteiger partial charge on any atom is -0.348 e. The van der Waals surface area contributed by atoms with Crippen molar-refractivity contribution in [2.24, 2.45) is 5.92 Å². The molecule has 31 heavy (non-hydrogen) atoms. The van der Waals surface area contributed by atoms with Crippen molar-refractivity contribution in [3.63, 3.8) is 0 Å². The summed E-state index contributed by atoms with van der Waals surface area (Å²) >= 11 is 0. The minimum atomic E-state index is -4.46. The topological polar surface area (TPSA) is 46.9 Å². The lowest BCUT2D eigenvalue weighted by atomic mass is 9.99. The van der Waals surface area contributed by atoms with E-state index < -0.39 is 11.7 Å². The maximum atomic E-state index is 13.4. The summed E-state index contributed by atoms with van der Waals surface area (Å²) in [6, 6.07) is 12.1. The third-order valence-electron chi connectivity index (χ3n) is 5.09. The van der Waals surface area contributed by atoms with Crippen LogP contribution in [-0.4, -0.2) is 21.5 Å². The van der Waals surface area contributed by atoms with Gasteiger partial charge in [-0.15, -0.1) is 0 Å². The maximum absolute atomic E-state index is 13.4. The summed E-state index contributed by atoms with van der Waals surface area (Å²) in [6.07, 6.45) is 0.352. The standard InChI is InChI=1S/C24H26F3N3O/c1-16(2)11-12-17(3)29-23(31)22-14-28-15-30(22)19-8-6-7-18(13-19)20-9-4-5-10-21(20)24(25,26)27/h4-10,13-17H,11-12H2,1-3H3,(H,29,31). The van der Waals surface area contributed by atoms with E-state index in [1.54, 1.807) is 34.9 Å². The van der Waals surface area contributed by atoms with Crippen LogP contribution in [0.2, 0.25) is 0 Å². The molecule has 1 aromatic heterocycles. The maximum Gasteiger partial charge on any atom is 0.417 e. The number of carbonyl (C=O) groups is 1. The minimum absolute atomic E-state index is 0.00301. The molecule has 3 rings (SSSR count). The number of amides is 1. The van der Waals surface area contributed by atoms with Crippen LogP contribution >= 0.6 is 0 Å². The Morgan fingerprint density at radius 2 is 1.81 bits per heavy atom. The van der Waals surface area contributed by atoms with Gasteiger partial charge < -0.3 is 5.32 Å². The molecule has 2 aromatic carbocycles. The molecule has 1 N–H and O–H groups in total. The first-order valence-electron chi connectivity index (χ1n) is 10.3. The van der Waals surface area contributed by atoms with E-state index in [1.807, 2.05) is 6.92 Å². The number of aromatic nitrogens is 2. The van der Waals surface area contributed by atoms with Crippen LogP contribution in [0.1, 0.15) is 49.7 Å². The Labute approximate surface area is 180 Å². The van der Waals surface area contributed by atoms with Gasteiger partial charge in [0.05, 0.1) is 18.1 Å². The van der Waals surface area contributed by atoms with E-state index in [9.17, 15) is 18.0 Å². The molecule has 1 unspecified atom stereocenters. The van der Waals surface area contributed by atoms with Gasteiger partial charge in [-0.1, -0.05) is 44.2 Å². The number of nitrogens with zero attached hydrogens (tertiary/aromatic N) is 2. The Morgan fingerprint density at radius 1 is 1.06 bits per heavy atom. The molecule has 0 radical (unpaired) electrons. The van der Waals surface area contributed by atoms with Crippen molar-refractivity contribution in [3.05, 3.63) is 72.3 Å². The largest absolute Gasteiger partial charge is 0.417 e. The summed E-state index contributed by atoms with van der Waals surface area (Å²) in [6.45, 7) is 6.22. The number of carbonyl (C=O) groups excluding carboxylic acids is 1. The van der Waals surface area contributed by atoms with Gasteiger partial charge in [0.15, 0.2) is 0 Å². The third-order valence-corrected chi connectivity index (χ3v) is 5.09. The highest BCUT2D eigenvalue weighted by Crippen LogP contribution is 2.37. The molecule has 1 heterocycles. The molecule has 0 aliphatic rings. The molecule has 1 amide bonds. The van der Waals surface area contributed by atoms with E-state index in [1.165, 1.54) is 24.7 Å². The van der Waals surface area contributed by atoms with Gasteiger partial charge in [-0.25, -0.2) is 4.98 Å². The summed E-state index contributed by atoms with van der Waals surface area (Å²) in [5.41, 5.74) is 0.695. The zero-order valence-corrected chi connectivity index (χ0v) is 17.8. The Balaban J connectivity index is 1.89. The molecule has 0 fully saturated rings. The van der Waals surface area contributed by atoms with Crippen LogP contribution in [0.5, 0.6) is 0 Å². The Hall–Kier alpha value is -3.09. The van der Waals surface area contributed by atoms with Crippen molar-refractivity contribution in [3.8, 4) is 16.8 Å². The predicted molar refractivity (Wildman–Crippen MR) is 115 cm³/mol. The normalized spacial score (nSPS) is 12.7. The monoisotopic (exact) mass is 429 g/mol. The second-order valence-electron chi connectivity index (χ2n) is 8.09. The zero-order chi connectivity index (χ0) is 22.6. The zero-order valence-electron chi connectivity index (χ0n) is 17.8. The predicted octanol–water partition coefficient (Wildman–Crippen LogP) is 6.11. The summed E-state index contributed by atoms with van der Waals surface area (Å²) in [5, 5.41) is 2.97. The van der Waals surface area contributed by atoms with E-state index in [2.05, 4.69) is 24.1 Å². The van der Waals surface area contributed by atoms with Gasteiger partial charge in [0.2, 0.25) is 0 Å². The smallest absolute Gasteiger partial charge is 0.348 e. The fourth-order valence-corrected chi connectivity index (χ4v) is 3.43. The summed E-state index contributed by atoms with van der Waals surface area (Å²) in [4.78, 5) is 16.9. The van der Waals surface area contributed by atoms with Crippen molar-refractivity contribution < 1.29 is 18.0 Å². The second-order valence-corrected chi connectivity index (χ2v) is 8.09. The molecule has 0 spiro atoms. The van der Waals surface area contributed by atoms with Gasteiger partial charge >= 0.3 is 6.18 Å². The van der Waals surface area contributed by atoms with E-state index in [-0.39, 0.29) is 17.5 Å². The lowest BCUT2D eigenvalue weighted by Gasteiger charge is -2.16. The van der Waals surface area contributed by atoms with Gasteiger partial charge in [0.1, 0.15) is 5.69 Å². The molecule has 0 aliphatic heterocycles. The van der Waals surface area contributed by atoms with Crippen LogP contribution in [0.4, 0.5) is 13.2 Å². The van der Waals surface area contributed by atoms with Gasteiger partial charge in [-0.05, 0) is 55.0 Å². The molecule has 3 aromatic rings. The average Bonchev–Trinajstić information content (AvgIpc) is 3.22. The molecule has 0 aliphatic carbocycles. The fraction of sp³-hybridized carbons (Fsp3) is 0.333. The quantitative estimate of drug-likeness (QED) is 0.492. The molecule has 0 bridgehead atoms. The van der Waals surface area contributed by atoms with E-state index in [0.717, 1.165) is 18.9 Å². The number of nitrogens with one attached hydrogen (secondary N) is 1. The number of hydrogen-bond donors (Lipinski definition) is 1. The number of alkyl halides is 3. The molecule has 4 nitrogen and oxygen atoms in total. The highest BCUT2D eigenvalue weighted by Gasteiger charge is 2.33. The van der Waals surface area contributed by atoms with Crippen LogP contribution in [0.25, 0.3) is 16.8 Å². The Bertz CT molecular complexity index is 1040. The first-order valence-corrected chi connectivity index (χ1v) is 10.3. The first-order chi connectivity index (χ1) is 14.7. The lowest BCUT2D eigenvalue weighted by molar-refractivity contribution is -0.137. The molecule has 7 heteroatoms. The van der Waals surface area contributed by atoms with Crippen molar-refractivity contribution in [2.45, 2.75) is 45.8 Å². The van der Waals surface area contributed by atoms with E-state index >= 15 is 0 Å². The second kappa shape index (κ2) is 9.37. The highest BCUT2D eigenvalue weighted by molar-refractivity contribution is 5.93. The molecular weight excluding hydrogens is 403 g/mol. The summed E-state index contributed by atoms with van der Waals surface area (Å²) in [7, 11) is 0.